The van der Waals surface area contributed by atoms with Crippen molar-refractivity contribution in [2.24, 2.45) is 11.7 Å². The van der Waals surface area contributed by atoms with E-state index in [1.54, 1.807) is 14.2 Å². The zero-order valence-corrected chi connectivity index (χ0v) is 12.8. The largest absolute Gasteiger partial charge is 0.497 e. The Labute approximate surface area is 120 Å². The van der Waals surface area contributed by atoms with Crippen molar-refractivity contribution in [3.63, 3.8) is 0 Å². The van der Waals surface area contributed by atoms with Crippen LogP contribution in [0.25, 0.3) is 0 Å². The zero-order valence-electron chi connectivity index (χ0n) is 12.8. The minimum atomic E-state index is -0.388. The molecule has 0 fully saturated rings. The summed E-state index contributed by atoms with van der Waals surface area (Å²) in [6.07, 6.45) is 0. The zero-order chi connectivity index (χ0) is 15.3. The highest BCUT2D eigenvalue weighted by Crippen LogP contribution is 2.29. The second-order valence-corrected chi connectivity index (χ2v) is 5.12. The average Bonchev–Trinajstić information content (AvgIpc) is 2.42. The standard InChI is InChI=1S/C15H24N2O3/c1-9(2)14(15(16)18)17-10(3)12-8-11(19-4)6-7-13(12)20-5/h6-10,14,17H,1-5H3,(H2,16,18). The molecule has 1 aromatic rings. The number of benzene rings is 1. The number of rotatable bonds is 7. The van der Waals surface area contributed by atoms with E-state index in [1.807, 2.05) is 39.0 Å². The van der Waals surface area contributed by atoms with Crippen LogP contribution in [0.3, 0.4) is 0 Å². The Hall–Kier alpha value is -1.75. The molecule has 0 aliphatic carbocycles. The highest BCUT2D eigenvalue weighted by molar-refractivity contribution is 5.80. The fourth-order valence-corrected chi connectivity index (χ4v) is 2.14. The monoisotopic (exact) mass is 280 g/mol. The molecule has 1 rings (SSSR count). The Morgan fingerprint density at radius 3 is 2.30 bits per heavy atom. The molecule has 0 heterocycles. The maximum absolute atomic E-state index is 11.5. The van der Waals surface area contributed by atoms with E-state index in [9.17, 15) is 4.79 Å². The van der Waals surface area contributed by atoms with Gasteiger partial charge in [0, 0.05) is 11.6 Å². The lowest BCUT2D eigenvalue weighted by Gasteiger charge is -2.25. The van der Waals surface area contributed by atoms with Gasteiger partial charge in [0.2, 0.25) is 5.91 Å². The maximum Gasteiger partial charge on any atom is 0.234 e. The molecule has 1 aromatic carbocycles. The summed E-state index contributed by atoms with van der Waals surface area (Å²) in [5, 5.41) is 3.25. The first-order valence-electron chi connectivity index (χ1n) is 6.68. The summed E-state index contributed by atoms with van der Waals surface area (Å²) in [5.41, 5.74) is 6.36. The molecule has 20 heavy (non-hydrogen) atoms. The molecule has 1 amide bonds. The van der Waals surface area contributed by atoms with Crippen molar-refractivity contribution in [3.8, 4) is 11.5 Å². The highest BCUT2D eigenvalue weighted by atomic mass is 16.5. The third-order valence-corrected chi connectivity index (χ3v) is 3.31. The Bertz CT molecular complexity index is 460. The lowest BCUT2D eigenvalue weighted by molar-refractivity contribution is -0.121. The molecule has 0 aliphatic rings. The van der Waals surface area contributed by atoms with Gasteiger partial charge in [0.15, 0.2) is 0 Å². The number of hydrogen-bond donors (Lipinski definition) is 2. The highest BCUT2D eigenvalue weighted by Gasteiger charge is 2.23. The summed E-state index contributed by atoms with van der Waals surface area (Å²) in [4.78, 5) is 11.5. The molecule has 0 radical (unpaired) electrons. The molecule has 2 unspecified atom stereocenters. The van der Waals surface area contributed by atoms with Crippen LogP contribution < -0.4 is 20.5 Å². The van der Waals surface area contributed by atoms with E-state index in [4.69, 9.17) is 15.2 Å². The van der Waals surface area contributed by atoms with Crippen molar-refractivity contribution in [1.29, 1.82) is 0 Å². The molecule has 0 bridgehead atoms. The van der Waals surface area contributed by atoms with Gasteiger partial charge in [-0.15, -0.1) is 0 Å². The van der Waals surface area contributed by atoms with Crippen molar-refractivity contribution in [2.45, 2.75) is 32.9 Å². The van der Waals surface area contributed by atoms with Gasteiger partial charge in [0.25, 0.3) is 0 Å². The van der Waals surface area contributed by atoms with E-state index >= 15 is 0 Å². The molecule has 2 atom stereocenters. The van der Waals surface area contributed by atoms with Crippen molar-refractivity contribution in [1.82, 2.24) is 5.32 Å². The summed E-state index contributed by atoms with van der Waals surface area (Å²) in [5.74, 6) is 1.26. The summed E-state index contributed by atoms with van der Waals surface area (Å²) in [7, 11) is 3.23. The minimum absolute atomic E-state index is 0.0834. The van der Waals surface area contributed by atoms with Crippen LogP contribution in [-0.4, -0.2) is 26.2 Å². The first-order chi connectivity index (χ1) is 9.40. The number of hydrogen-bond acceptors (Lipinski definition) is 4. The first-order valence-corrected chi connectivity index (χ1v) is 6.68. The van der Waals surface area contributed by atoms with Gasteiger partial charge in [-0.1, -0.05) is 13.8 Å². The van der Waals surface area contributed by atoms with Gasteiger partial charge in [-0.2, -0.15) is 0 Å². The van der Waals surface area contributed by atoms with E-state index in [0.717, 1.165) is 17.1 Å². The van der Waals surface area contributed by atoms with Crippen LogP contribution in [0, 0.1) is 5.92 Å². The minimum Gasteiger partial charge on any atom is -0.497 e. The number of carbonyl (C=O) groups is 1. The van der Waals surface area contributed by atoms with Gasteiger partial charge >= 0.3 is 0 Å². The fourth-order valence-electron chi connectivity index (χ4n) is 2.14. The summed E-state index contributed by atoms with van der Waals surface area (Å²) >= 11 is 0. The van der Waals surface area contributed by atoms with E-state index in [1.165, 1.54) is 0 Å². The number of primary amides is 1. The van der Waals surface area contributed by atoms with Gasteiger partial charge in [0.1, 0.15) is 11.5 Å². The fraction of sp³-hybridized carbons (Fsp3) is 0.533. The average molecular weight is 280 g/mol. The second-order valence-electron chi connectivity index (χ2n) is 5.12. The first kappa shape index (κ1) is 16.3. The quantitative estimate of drug-likeness (QED) is 0.799. The van der Waals surface area contributed by atoms with Crippen LogP contribution in [0.1, 0.15) is 32.4 Å². The number of ether oxygens (including phenoxy) is 2. The Kier molecular flexibility index (Phi) is 5.82. The molecule has 0 aliphatic heterocycles. The summed E-state index contributed by atoms with van der Waals surface area (Å²) < 4.78 is 10.6. The summed E-state index contributed by atoms with van der Waals surface area (Å²) in [6.45, 7) is 5.88. The molecule has 0 spiro atoms. The molecule has 5 nitrogen and oxygen atoms in total. The van der Waals surface area contributed by atoms with Crippen LogP contribution in [0.2, 0.25) is 0 Å². The van der Waals surface area contributed by atoms with Gasteiger partial charge in [0.05, 0.1) is 20.3 Å². The lowest BCUT2D eigenvalue weighted by atomic mass is 10.00. The van der Waals surface area contributed by atoms with Crippen molar-refractivity contribution >= 4 is 5.91 Å². The van der Waals surface area contributed by atoms with Gasteiger partial charge in [-0.3, -0.25) is 10.1 Å². The van der Waals surface area contributed by atoms with Crippen LogP contribution in [-0.2, 0) is 4.79 Å². The summed E-state index contributed by atoms with van der Waals surface area (Å²) in [6, 6.07) is 5.11. The van der Waals surface area contributed by atoms with Gasteiger partial charge in [-0.25, -0.2) is 0 Å². The second kappa shape index (κ2) is 7.14. The Morgan fingerprint density at radius 1 is 1.20 bits per heavy atom. The smallest absolute Gasteiger partial charge is 0.234 e. The molecule has 0 aromatic heterocycles. The third kappa shape index (κ3) is 3.87. The molecule has 5 heteroatoms. The number of nitrogens with one attached hydrogen (secondary N) is 1. The third-order valence-electron chi connectivity index (χ3n) is 3.31. The number of methoxy groups -OCH3 is 2. The van der Waals surface area contributed by atoms with Crippen LogP contribution in [0.4, 0.5) is 0 Å². The van der Waals surface area contributed by atoms with Crippen molar-refractivity contribution < 1.29 is 14.3 Å². The predicted molar refractivity (Wildman–Crippen MR) is 78.9 cm³/mol. The Balaban J connectivity index is 3.00. The van der Waals surface area contributed by atoms with Crippen molar-refractivity contribution in [2.75, 3.05) is 14.2 Å². The van der Waals surface area contributed by atoms with Crippen LogP contribution in [0.5, 0.6) is 11.5 Å². The number of amides is 1. The van der Waals surface area contributed by atoms with Crippen LogP contribution >= 0.6 is 0 Å². The van der Waals surface area contributed by atoms with E-state index < -0.39 is 0 Å². The normalized spacial score (nSPS) is 13.9. The van der Waals surface area contributed by atoms with Gasteiger partial charge < -0.3 is 15.2 Å². The molecule has 112 valence electrons. The number of carbonyl (C=O) groups excluding carboxylic acids is 1. The van der Waals surface area contributed by atoms with E-state index in [2.05, 4.69) is 5.32 Å². The molecule has 3 N–H and O–H groups in total. The predicted octanol–water partition coefficient (Wildman–Crippen LogP) is 1.86. The van der Waals surface area contributed by atoms with Crippen LogP contribution in [0.15, 0.2) is 18.2 Å². The van der Waals surface area contributed by atoms with Gasteiger partial charge in [-0.05, 0) is 31.0 Å². The molecule has 0 saturated carbocycles. The number of nitrogens with two attached hydrogens (primary N) is 1. The lowest BCUT2D eigenvalue weighted by Crippen LogP contribution is -2.45. The molecular weight excluding hydrogens is 256 g/mol. The SMILES string of the molecule is COc1ccc(OC)c(C(C)NC(C(N)=O)C(C)C)c1. The van der Waals surface area contributed by atoms with Crippen molar-refractivity contribution in [3.05, 3.63) is 23.8 Å². The topological polar surface area (TPSA) is 73.6 Å². The Morgan fingerprint density at radius 2 is 1.85 bits per heavy atom. The van der Waals surface area contributed by atoms with E-state index in [0.29, 0.717) is 0 Å². The molecule has 0 saturated heterocycles. The van der Waals surface area contributed by atoms with E-state index in [-0.39, 0.29) is 23.9 Å². The molecular formula is C15H24N2O3. The maximum atomic E-state index is 11.5.